The molecule has 2 heterocycles. The Bertz CT molecular complexity index is 310. The van der Waals surface area contributed by atoms with Crippen LogP contribution in [-0.4, -0.2) is 35.1 Å². The molecule has 0 spiro atoms. The van der Waals surface area contributed by atoms with Crippen LogP contribution in [0, 0.1) is 0 Å². The third-order valence-corrected chi connectivity index (χ3v) is 3.14. The number of rotatable bonds is 1. The van der Waals surface area contributed by atoms with Crippen molar-refractivity contribution in [3.8, 4) is 0 Å². The first-order valence-electron chi connectivity index (χ1n) is 4.77. The van der Waals surface area contributed by atoms with Gasteiger partial charge in [-0.1, -0.05) is 0 Å². The van der Waals surface area contributed by atoms with E-state index in [-0.39, 0.29) is 12.0 Å². The molecule has 3 nitrogen and oxygen atoms in total. The predicted molar refractivity (Wildman–Crippen MR) is 55.5 cm³/mol. The number of aliphatic hydroxyl groups is 1. The Balaban J connectivity index is 2.04. The zero-order valence-electron chi connectivity index (χ0n) is 7.85. The molecule has 0 radical (unpaired) electrons. The van der Waals surface area contributed by atoms with Crippen LogP contribution < -0.4 is 0 Å². The number of thiophene rings is 1. The molecule has 1 aliphatic heterocycles. The van der Waals surface area contributed by atoms with Gasteiger partial charge in [-0.25, -0.2) is 0 Å². The summed E-state index contributed by atoms with van der Waals surface area (Å²) in [6.07, 6.45) is 1.37. The molecule has 1 aromatic heterocycles. The van der Waals surface area contributed by atoms with Gasteiger partial charge in [-0.2, -0.15) is 11.3 Å². The number of hydrogen-bond acceptors (Lipinski definition) is 3. The Labute approximate surface area is 87.0 Å². The van der Waals surface area contributed by atoms with Crippen LogP contribution in [0.2, 0.25) is 0 Å². The van der Waals surface area contributed by atoms with E-state index in [0.717, 1.165) is 24.9 Å². The van der Waals surface area contributed by atoms with Crippen molar-refractivity contribution in [3.05, 3.63) is 22.4 Å². The van der Waals surface area contributed by atoms with Gasteiger partial charge >= 0.3 is 0 Å². The highest BCUT2D eigenvalue weighted by molar-refractivity contribution is 7.08. The number of piperidine rings is 1. The quantitative estimate of drug-likeness (QED) is 0.761. The van der Waals surface area contributed by atoms with E-state index in [2.05, 4.69) is 0 Å². The van der Waals surface area contributed by atoms with Crippen LogP contribution in [0.5, 0.6) is 0 Å². The highest BCUT2D eigenvalue weighted by atomic mass is 32.1. The lowest BCUT2D eigenvalue weighted by Crippen LogP contribution is -2.42. The maximum absolute atomic E-state index is 11.8. The van der Waals surface area contributed by atoms with Gasteiger partial charge in [0.2, 0.25) is 0 Å². The second-order valence-corrected chi connectivity index (χ2v) is 4.34. The maximum Gasteiger partial charge on any atom is 0.254 e. The average Bonchev–Trinajstić information content (AvgIpc) is 2.69. The highest BCUT2D eigenvalue weighted by Crippen LogP contribution is 2.15. The Kier molecular flexibility index (Phi) is 2.84. The fraction of sp³-hybridized carbons (Fsp3) is 0.500. The highest BCUT2D eigenvalue weighted by Gasteiger charge is 2.22. The molecule has 1 aromatic rings. The maximum atomic E-state index is 11.8. The number of nitrogens with zero attached hydrogens (tertiary/aromatic N) is 1. The van der Waals surface area contributed by atoms with E-state index >= 15 is 0 Å². The van der Waals surface area contributed by atoms with Gasteiger partial charge in [0.05, 0.1) is 11.7 Å². The van der Waals surface area contributed by atoms with Gasteiger partial charge in [-0.3, -0.25) is 4.79 Å². The van der Waals surface area contributed by atoms with Crippen LogP contribution >= 0.6 is 11.3 Å². The summed E-state index contributed by atoms with van der Waals surface area (Å²) in [7, 11) is 0. The smallest absolute Gasteiger partial charge is 0.254 e. The minimum Gasteiger partial charge on any atom is -0.391 e. The van der Waals surface area contributed by atoms with Crippen molar-refractivity contribution in [2.24, 2.45) is 0 Å². The van der Waals surface area contributed by atoms with Crippen LogP contribution in [0.3, 0.4) is 0 Å². The first-order valence-corrected chi connectivity index (χ1v) is 5.71. The molecule has 1 saturated heterocycles. The number of aliphatic hydroxyl groups excluding tert-OH is 1. The van der Waals surface area contributed by atoms with Crippen molar-refractivity contribution in [3.63, 3.8) is 0 Å². The molecule has 1 aliphatic rings. The largest absolute Gasteiger partial charge is 0.391 e. The summed E-state index contributed by atoms with van der Waals surface area (Å²) in [6, 6.07) is 1.83. The third kappa shape index (κ3) is 1.96. The molecule has 2 rings (SSSR count). The van der Waals surface area contributed by atoms with Crippen molar-refractivity contribution in [1.82, 2.24) is 4.90 Å². The second kappa shape index (κ2) is 4.11. The lowest BCUT2D eigenvalue weighted by Gasteiger charge is -2.29. The molecule has 0 aromatic carbocycles. The molecule has 4 heteroatoms. The lowest BCUT2D eigenvalue weighted by atomic mass is 10.1. The number of carbonyl (C=O) groups is 1. The molecular formula is C10H13NO2S. The van der Waals surface area contributed by atoms with Crippen LogP contribution in [0.1, 0.15) is 23.2 Å². The molecule has 1 N–H and O–H groups in total. The third-order valence-electron chi connectivity index (χ3n) is 2.45. The van der Waals surface area contributed by atoms with Gasteiger partial charge in [-0.05, 0) is 24.3 Å². The molecule has 1 amide bonds. The second-order valence-electron chi connectivity index (χ2n) is 3.56. The van der Waals surface area contributed by atoms with Crippen molar-refractivity contribution >= 4 is 17.2 Å². The predicted octanol–water partition coefficient (Wildman–Crippen LogP) is 1.34. The van der Waals surface area contributed by atoms with Gasteiger partial charge in [0.25, 0.3) is 5.91 Å². The van der Waals surface area contributed by atoms with Crippen LogP contribution in [0.15, 0.2) is 16.8 Å². The van der Waals surface area contributed by atoms with E-state index in [4.69, 9.17) is 0 Å². The summed E-state index contributed by atoms with van der Waals surface area (Å²) in [5.41, 5.74) is 0.740. The topological polar surface area (TPSA) is 40.5 Å². The van der Waals surface area contributed by atoms with Crippen LogP contribution in [0.4, 0.5) is 0 Å². The molecule has 1 atom stereocenters. The van der Waals surface area contributed by atoms with E-state index in [1.165, 1.54) is 11.3 Å². The molecule has 0 saturated carbocycles. The Hall–Kier alpha value is -0.870. The normalized spacial score (nSPS) is 22.4. The molecule has 1 fully saturated rings. The first-order chi connectivity index (χ1) is 6.77. The Morgan fingerprint density at radius 3 is 3.14 bits per heavy atom. The summed E-state index contributed by atoms with van der Waals surface area (Å²) in [4.78, 5) is 13.6. The standard InChI is InChI=1S/C10H13NO2S/c12-9-2-1-4-11(6-9)10(13)8-3-5-14-7-8/h3,5,7,9,12H,1-2,4,6H2. The van der Waals surface area contributed by atoms with Crippen molar-refractivity contribution in [2.45, 2.75) is 18.9 Å². The minimum atomic E-state index is -0.341. The number of carbonyl (C=O) groups excluding carboxylic acids is 1. The van der Waals surface area contributed by atoms with Gasteiger partial charge in [0, 0.05) is 18.5 Å². The monoisotopic (exact) mass is 211 g/mol. The van der Waals surface area contributed by atoms with Crippen molar-refractivity contribution in [2.75, 3.05) is 13.1 Å². The van der Waals surface area contributed by atoms with Crippen molar-refractivity contribution < 1.29 is 9.90 Å². The van der Waals surface area contributed by atoms with E-state index in [1.807, 2.05) is 16.8 Å². The molecule has 0 bridgehead atoms. The number of β-amino-alcohol motifs (C(OH)–C–C–N with tert-alkyl or cyclic N) is 1. The van der Waals surface area contributed by atoms with Gasteiger partial charge in [0.1, 0.15) is 0 Å². The fourth-order valence-corrected chi connectivity index (χ4v) is 2.34. The Morgan fingerprint density at radius 1 is 1.64 bits per heavy atom. The van der Waals surface area contributed by atoms with Gasteiger partial charge in [0.15, 0.2) is 0 Å². The summed E-state index contributed by atoms with van der Waals surface area (Å²) in [5, 5.41) is 13.2. The summed E-state index contributed by atoms with van der Waals surface area (Å²) >= 11 is 1.52. The summed E-state index contributed by atoms with van der Waals surface area (Å²) in [5.74, 6) is 0.0463. The van der Waals surface area contributed by atoms with Gasteiger partial charge in [-0.15, -0.1) is 0 Å². The fourth-order valence-electron chi connectivity index (χ4n) is 1.71. The molecule has 0 aliphatic carbocycles. The number of amides is 1. The zero-order chi connectivity index (χ0) is 9.97. The number of hydrogen-bond donors (Lipinski definition) is 1. The Morgan fingerprint density at radius 2 is 2.50 bits per heavy atom. The molecule has 1 unspecified atom stereocenters. The molecule has 76 valence electrons. The summed E-state index contributed by atoms with van der Waals surface area (Å²) in [6.45, 7) is 1.25. The van der Waals surface area contributed by atoms with E-state index in [1.54, 1.807) is 4.90 Å². The van der Waals surface area contributed by atoms with Crippen molar-refractivity contribution in [1.29, 1.82) is 0 Å². The van der Waals surface area contributed by atoms with E-state index in [0.29, 0.717) is 6.54 Å². The summed E-state index contributed by atoms with van der Waals surface area (Å²) < 4.78 is 0. The van der Waals surface area contributed by atoms with Gasteiger partial charge < -0.3 is 10.0 Å². The molecule has 14 heavy (non-hydrogen) atoms. The lowest BCUT2D eigenvalue weighted by molar-refractivity contribution is 0.0474. The first kappa shape index (κ1) is 9.68. The minimum absolute atomic E-state index is 0.0463. The van der Waals surface area contributed by atoms with Crippen LogP contribution in [-0.2, 0) is 0 Å². The van der Waals surface area contributed by atoms with E-state index in [9.17, 15) is 9.90 Å². The SMILES string of the molecule is O=C(c1ccsc1)N1CCCC(O)C1. The molecular weight excluding hydrogens is 198 g/mol. The zero-order valence-corrected chi connectivity index (χ0v) is 8.67. The number of likely N-dealkylation sites (tertiary alicyclic amines) is 1. The average molecular weight is 211 g/mol. The van der Waals surface area contributed by atoms with Crippen LogP contribution in [0.25, 0.3) is 0 Å². The van der Waals surface area contributed by atoms with E-state index < -0.39 is 0 Å².